The van der Waals surface area contributed by atoms with Gasteiger partial charge in [-0.3, -0.25) is 9.59 Å². The highest BCUT2D eigenvalue weighted by Gasteiger charge is 2.29. The zero-order valence-electron chi connectivity index (χ0n) is 10.9. The van der Waals surface area contributed by atoms with Crippen LogP contribution in [0.15, 0.2) is 40.5 Å². The van der Waals surface area contributed by atoms with Crippen LogP contribution in [0.1, 0.15) is 5.56 Å². The third kappa shape index (κ3) is 2.07. The summed E-state index contributed by atoms with van der Waals surface area (Å²) in [6.07, 6.45) is 2.65. The molecule has 1 aromatic carbocycles. The highest BCUT2D eigenvalue weighted by Crippen LogP contribution is 2.37. The molecule has 0 fully saturated rings. The number of methoxy groups -OCH3 is 1. The number of allylic oxidation sites excluding steroid dienone is 4. The third-order valence-electron chi connectivity index (χ3n) is 3.30. The van der Waals surface area contributed by atoms with E-state index < -0.39 is 11.6 Å². The van der Waals surface area contributed by atoms with Gasteiger partial charge in [-0.2, -0.15) is 0 Å². The summed E-state index contributed by atoms with van der Waals surface area (Å²) in [5.74, 6) is -0.315. The predicted octanol–water partition coefficient (Wildman–Crippen LogP) is 3.40. The van der Waals surface area contributed by atoms with Crippen LogP contribution in [-0.4, -0.2) is 23.7 Å². The van der Waals surface area contributed by atoms with E-state index in [0.29, 0.717) is 11.3 Å². The molecule has 0 amide bonds. The number of H-pyrrole nitrogens is 1. The van der Waals surface area contributed by atoms with Gasteiger partial charge >= 0.3 is 0 Å². The van der Waals surface area contributed by atoms with Crippen molar-refractivity contribution in [3.63, 3.8) is 0 Å². The minimum Gasteiger partial charge on any atom is -0.495 e. The van der Waals surface area contributed by atoms with E-state index in [1.165, 1.54) is 0 Å². The second kappa shape index (κ2) is 5.06. The first-order chi connectivity index (χ1) is 10.0. The smallest absolute Gasteiger partial charge is 0.206 e. The summed E-state index contributed by atoms with van der Waals surface area (Å²) in [6.45, 7) is 0. The van der Waals surface area contributed by atoms with Crippen LogP contribution in [0.25, 0.3) is 16.5 Å². The fourth-order valence-electron chi connectivity index (χ4n) is 2.33. The molecule has 1 aliphatic carbocycles. The van der Waals surface area contributed by atoms with Crippen molar-refractivity contribution in [1.82, 2.24) is 4.98 Å². The molecular weight excluding hydrogens is 313 g/mol. The number of para-hydroxylation sites is 1. The van der Waals surface area contributed by atoms with Crippen LogP contribution in [0.2, 0.25) is 0 Å². The van der Waals surface area contributed by atoms with Gasteiger partial charge in [-0.1, -0.05) is 35.3 Å². The summed E-state index contributed by atoms with van der Waals surface area (Å²) >= 11 is 11.8. The van der Waals surface area contributed by atoms with Crippen LogP contribution in [0.5, 0.6) is 5.75 Å². The number of nitrogens with one attached hydrogen (secondary N) is 1. The lowest BCUT2D eigenvalue weighted by Gasteiger charge is -2.12. The molecule has 2 aromatic rings. The molecule has 0 bridgehead atoms. The van der Waals surface area contributed by atoms with Gasteiger partial charge in [0.2, 0.25) is 5.78 Å². The SMILES string of the molecule is COc1cccc2c(C3=C(Cl)C(=O)C=C(Cl)C3=O)c[nH]c12. The molecule has 21 heavy (non-hydrogen) atoms. The highest BCUT2D eigenvalue weighted by molar-refractivity contribution is 6.62. The number of aromatic amines is 1. The average molecular weight is 322 g/mol. The summed E-state index contributed by atoms with van der Waals surface area (Å²) in [6, 6.07) is 5.39. The Morgan fingerprint density at radius 1 is 1.19 bits per heavy atom. The molecule has 1 aliphatic rings. The van der Waals surface area contributed by atoms with Crippen molar-refractivity contribution in [2.24, 2.45) is 0 Å². The molecule has 1 N–H and O–H groups in total. The molecule has 0 radical (unpaired) electrons. The van der Waals surface area contributed by atoms with Gasteiger partial charge in [0, 0.05) is 23.2 Å². The lowest BCUT2D eigenvalue weighted by molar-refractivity contribution is -0.113. The molecule has 0 saturated carbocycles. The van der Waals surface area contributed by atoms with Crippen LogP contribution < -0.4 is 4.74 Å². The number of carbonyl (C=O) groups excluding carboxylic acids is 2. The van der Waals surface area contributed by atoms with Gasteiger partial charge < -0.3 is 9.72 Å². The summed E-state index contributed by atoms with van der Waals surface area (Å²) in [5, 5.41) is 0.458. The van der Waals surface area contributed by atoms with Gasteiger partial charge in [-0.15, -0.1) is 0 Å². The molecule has 1 aromatic heterocycles. The van der Waals surface area contributed by atoms with Crippen LogP contribution in [0.4, 0.5) is 0 Å². The first-order valence-electron chi connectivity index (χ1n) is 6.05. The number of rotatable bonds is 2. The van der Waals surface area contributed by atoms with Crippen LogP contribution in [0, 0.1) is 0 Å². The number of fused-ring (bicyclic) bond motifs is 1. The molecule has 0 unspecified atom stereocenters. The molecule has 0 spiro atoms. The Morgan fingerprint density at radius 2 is 1.95 bits per heavy atom. The van der Waals surface area contributed by atoms with Gasteiger partial charge in [0.05, 0.1) is 28.3 Å². The minimum absolute atomic E-state index is 0.105. The number of ether oxygens (including phenoxy) is 1. The van der Waals surface area contributed by atoms with Crippen molar-refractivity contribution in [2.45, 2.75) is 0 Å². The van der Waals surface area contributed by atoms with Gasteiger partial charge in [-0.05, 0) is 6.07 Å². The quantitative estimate of drug-likeness (QED) is 0.862. The molecule has 0 atom stereocenters. The highest BCUT2D eigenvalue weighted by atomic mass is 35.5. The lowest BCUT2D eigenvalue weighted by atomic mass is 9.95. The number of ketones is 2. The van der Waals surface area contributed by atoms with Crippen molar-refractivity contribution in [3.05, 3.63) is 46.1 Å². The number of Topliss-reactive ketones (excluding diaryl/α,β-unsaturated/α-hetero) is 1. The third-order valence-corrected chi connectivity index (χ3v) is 3.96. The normalized spacial score (nSPS) is 15.7. The summed E-state index contributed by atoms with van der Waals surface area (Å²) in [5.41, 5.74) is 1.35. The fraction of sp³-hybridized carbons (Fsp3) is 0.0667. The van der Waals surface area contributed by atoms with E-state index in [1.807, 2.05) is 6.07 Å². The Hall–Kier alpha value is -2.04. The summed E-state index contributed by atoms with van der Waals surface area (Å²) in [7, 11) is 1.55. The van der Waals surface area contributed by atoms with Gasteiger partial charge in [-0.25, -0.2) is 0 Å². The molecule has 106 valence electrons. The average Bonchev–Trinajstić information content (AvgIpc) is 2.89. The number of aromatic nitrogens is 1. The maximum atomic E-state index is 12.2. The van der Waals surface area contributed by atoms with Crippen molar-refractivity contribution < 1.29 is 14.3 Å². The number of carbonyl (C=O) groups is 2. The molecule has 4 nitrogen and oxygen atoms in total. The summed E-state index contributed by atoms with van der Waals surface area (Å²) < 4.78 is 5.25. The number of benzene rings is 1. The summed E-state index contributed by atoms with van der Waals surface area (Å²) in [4.78, 5) is 27.0. The van der Waals surface area contributed by atoms with E-state index in [-0.39, 0.29) is 15.6 Å². The maximum Gasteiger partial charge on any atom is 0.206 e. The monoisotopic (exact) mass is 321 g/mol. The Morgan fingerprint density at radius 3 is 2.67 bits per heavy atom. The van der Waals surface area contributed by atoms with E-state index in [0.717, 1.165) is 17.0 Å². The minimum atomic E-state index is -0.478. The second-order valence-electron chi connectivity index (χ2n) is 4.46. The Labute approximate surface area is 130 Å². The Kier molecular flexibility index (Phi) is 3.35. The van der Waals surface area contributed by atoms with Crippen molar-refractivity contribution in [3.8, 4) is 5.75 Å². The van der Waals surface area contributed by atoms with Gasteiger partial charge in [0.25, 0.3) is 0 Å². The van der Waals surface area contributed by atoms with E-state index >= 15 is 0 Å². The fourth-order valence-corrected chi connectivity index (χ4v) is 2.77. The standard InChI is InChI=1S/C15H9Cl2NO3/c1-21-11-4-2-3-7-8(6-18-14(7)11)12-13(17)10(19)5-9(16)15(12)20/h2-6,18H,1H3. The van der Waals surface area contributed by atoms with Crippen LogP contribution in [-0.2, 0) is 9.59 Å². The predicted molar refractivity (Wildman–Crippen MR) is 81.6 cm³/mol. The van der Waals surface area contributed by atoms with E-state index in [4.69, 9.17) is 27.9 Å². The number of hydrogen-bond donors (Lipinski definition) is 1. The van der Waals surface area contributed by atoms with Crippen molar-refractivity contribution in [2.75, 3.05) is 7.11 Å². The Balaban J connectivity index is 2.28. The number of hydrogen-bond acceptors (Lipinski definition) is 3. The molecule has 0 saturated heterocycles. The van der Waals surface area contributed by atoms with Gasteiger partial charge in [0.1, 0.15) is 5.75 Å². The topological polar surface area (TPSA) is 59.2 Å². The van der Waals surface area contributed by atoms with Crippen LogP contribution >= 0.6 is 23.2 Å². The van der Waals surface area contributed by atoms with E-state index in [9.17, 15) is 9.59 Å². The van der Waals surface area contributed by atoms with E-state index in [1.54, 1.807) is 25.4 Å². The second-order valence-corrected chi connectivity index (χ2v) is 5.24. The zero-order chi connectivity index (χ0) is 15.1. The number of halogens is 2. The maximum absolute atomic E-state index is 12.2. The van der Waals surface area contributed by atoms with Crippen LogP contribution in [0.3, 0.4) is 0 Å². The lowest BCUT2D eigenvalue weighted by Crippen LogP contribution is -2.13. The Bertz CT molecular complexity index is 846. The molecule has 0 aliphatic heterocycles. The first kappa shape index (κ1) is 13.9. The molecule has 1 heterocycles. The zero-order valence-corrected chi connectivity index (χ0v) is 12.4. The van der Waals surface area contributed by atoms with E-state index in [2.05, 4.69) is 4.98 Å². The van der Waals surface area contributed by atoms with Gasteiger partial charge in [0.15, 0.2) is 5.78 Å². The van der Waals surface area contributed by atoms with Crippen molar-refractivity contribution >= 4 is 51.2 Å². The first-order valence-corrected chi connectivity index (χ1v) is 6.80. The largest absolute Gasteiger partial charge is 0.495 e. The molecule has 3 rings (SSSR count). The molecule has 6 heteroatoms. The molecular formula is C15H9Cl2NO3. The van der Waals surface area contributed by atoms with Crippen molar-refractivity contribution in [1.29, 1.82) is 0 Å².